The van der Waals surface area contributed by atoms with E-state index in [4.69, 9.17) is 5.11 Å². The van der Waals surface area contributed by atoms with Crippen molar-refractivity contribution in [3.63, 3.8) is 0 Å². The van der Waals surface area contributed by atoms with Crippen LogP contribution in [0.3, 0.4) is 0 Å². The zero-order chi connectivity index (χ0) is 14.9. The number of urea groups is 1. The van der Waals surface area contributed by atoms with Crippen LogP contribution in [0.4, 0.5) is 10.5 Å². The molecule has 1 saturated heterocycles. The third-order valence-electron chi connectivity index (χ3n) is 3.81. The van der Waals surface area contributed by atoms with Gasteiger partial charge in [0.2, 0.25) is 0 Å². The van der Waals surface area contributed by atoms with Gasteiger partial charge < -0.3 is 20.6 Å². The Balaban J connectivity index is 1.64. The Morgan fingerprint density at radius 3 is 2.67 bits per heavy atom. The number of hydrogen-bond donors (Lipinski definition) is 3. The smallest absolute Gasteiger partial charge is 0.314 e. The molecule has 2 amide bonds. The van der Waals surface area contributed by atoms with Gasteiger partial charge in [-0.1, -0.05) is 0 Å². The molecule has 0 aromatic carbocycles. The Labute approximate surface area is 125 Å². The van der Waals surface area contributed by atoms with Crippen molar-refractivity contribution in [1.29, 1.82) is 0 Å². The second-order valence-corrected chi connectivity index (χ2v) is 5.35. The summed E-state index contributed by atoms with van der Waals surface area (Å²) in [6, 6.07) is 3.93. The van der Waals surface area contributed by atoms with E-state index in [-0.39, 0.29) is 12.6 Å². The minimum Gasteiger partial charge on any atom is -0.396 e. The van der Waals surface area contributed by atoms with Crippen molar-refractivity contribution in [2.75, 3.05) is 37.7 Å². The van der Waals surface area contributed by atoms with Crippen LogP contribution in [0.1, 0.15) is 19.3 Å². The minimum atomic E-state index is -0.139. The van der Waals surface area contributed by atoms with E-state index in [1.165, 1.54) is 5.69 Å². The summed E-state index contributed by atoms with van der Waals surface area (Å²) >= 11 is 0. The van der Waals surface area contributed by atoms with E-state index in [2.05, 4.69) is 20.5 Å². The number of anilines is 1. The molecule has 0 spiro atoms. The van der Waals surface area contributed by atoms with Gasteiger partial charge in [-0.25, -0.2) is 4.79 Å². The standard InChI is InChI=1S/C15H24N4O2/c20-11-1-6-17-15(21)18-12-13-4-9-19(10-5-13)14-2-7-16-8-3-14/h2-3,7-8,13,20H,1,4-6,9-12H2,(H2,17,18,21). The third kappa shape index (κ3) is 5.23. The highest BCUT2D eigenvalue weighted by molar-refractivity contribution is 5.73. The maximum absolute atomic E-state index is 11.5. The highest BCUT2D eigenvalue weighted by Gasteiger charge is 2.19. The second kappa shape index (κ2) is 8.46. The van der Waals surface area contributed by atoms with Crippen molar-refractivity contribution in [3.05, 3.63) is 24.5 Å². The van der Waals surface area contributed by atoms with Crippen molar-refractivity contribution in [2.45, 2.75) is 19.3 Å². The quantitative estimate of drug-likeness (QED) is 0.683. The molecule has 21 heavy (non-hydrogen) atoms. The number of aliphatic hydroxyl groups excluding tert-OH is 1. The molecule has 6 heteroatoms. The van der Waals surface area contributed by atoms with Crippen molar-refractivity contribution in [2.24, 2.45) is 5.92 Å². The predicted octanol–water partition coefficient (Wildman–Crippen LogP) is 0.980. The first-order valence-corrected chi connectivity index (χ1v) is 7.57. The lowest BCUT2D eigenvalue weighted by Crippen LogP contribution is -2.42. The number of amides is 2. The summed E-state index contributed by atoms with van der Waals surface area (Å²) in [5.41, 5.74) is 1.22. The number of carbonyl (C=O) groups is 1. The van der Waals surface area contributed by atoms with Crippen molar-refractivity contribution < 1.29 is 9.90 Å². The normalized spacial score (nSPS) is 15.8. The number of aliphatic hydroxyl groups is 1. The molecule has 1 aliphatic rings. The van der Waals surface area contributed by atoms with Crippen LogP contribution in [0, 0.1) is 5.92 Å². The molecule has 0 aliphatic carbocycles. The van der Waals surface area contributed by atoms with Crippen LogP contribution < -0.4 is 15.5 Å². The van der Waals surface area contributed by atoms with Crippen molar-refractivity contribution in [3.8, 4) is 0 Å². The van der Waals surface area contributed by atoms with Gasteiger partial charge in [0.25, 0.3) is 0 Å². The van der Waals surface area contributed by atoms with Crippen LogP contribution in [-0.4, -0.2) is 48.9 Å². The molecule has 0 saturated carbocycles. The third-order valence-corrected chi connectivity index (χ3v) is 3.81. The molecule has 0 unspecified atom stereocenters. The summed E-state index contributed by atoms with van der Waals surface area (Å²) < 4.78 is 0. The summed E-state index contributed by atoms with van der Waals surface area (Å²) in [6.07, 6.45) is 6.40. The van der Waals surface area contributed by atoms with Gasteiger partial charge in [-0.15, -0.1) is 0 Å². The predicted molar refractivity (Wildman–Crippen MR) is 82.3 cm³/mol. The Kier molecular flexibility index (Phi) is 6.27. The van der Waals surface area contributed by atoms with E-state index < -0.39 is 0 Å². The first-order chi connectivity index (χ1) is 10.3. The Hall–Kier alpha value is -1.82. The van der Waals surface area contributed by atoms with Crippen LogP contribution in [-0.2, 0) is 0 Å². The monoisotopic (exact) mass is 292 g/mol. The molecule has 2 heterocycles. The number of nitrogens with one attached hydrogen (secondary N) is 2. The lowest BCUT2D eigenvalue weighted by atomic mass is 9.96. The number of aromatic nitrogens is 1. The van der Waals surface area contributed by atoms with Crippen LogP contribution in [0.2, 0.25) is 0 Å². The zero-order valence-electron chi connectivity index (χ0n) is 12.3. The molecule has 1 fully saturated rings. The van der Waals surface area contributed by atoms with E-state index in [0.717, 1.165) is 32.5 Å². The summed E-state index contributed by atoms with van der Waals surface area (Å²) in [7, 11) is 0. The number of carbonyl (C=O) groups excluding carboxylic acids is 1. The summed E-state index contributed by atoms with van der Waals surface area (Å²) in [5.74, 6) is 0.534. The van der Waals surface area contributed by atoms with Crippen LogP contribution in [0.15, 0.2) is 24.5 Å². The summed E-state index contributed by atoms with van der Waals surface area (Å²) in [6.45, 7) is 3.37. The van der Waals surface area contributed by atoms with Crippen LogP contribution in [0.5, 0.6) is 0 Å². The number of pyridine rings is 1. The molecule has 0 atom stereocenters. The molecular weight excluding hydrogens is 268 g/mol. The fraction of sp³-hybridized carbons (Fsp3) is 0.600. The fourth-order valence-corrected chi connectivity index (χ4v) is 2.53. The van der Waals surface area contributed by atoms with E-state index in [1.807, 2.05) is 24.5 Å². The molecule has 6 nitrogen and oxygen atoms in total. The molecule has 0 radical (unpaired) electrons. The summed E-state index contributed by atoms with van der Waals surface area (Å²) in [5, 5.41) is 14.3. The van der Waals surface area contributed by atoms with Crippen molar-refractivity contribution >= 4 is 11.7 Å². The fourth-order valence-electron chi connectivity index (χ4n) is 2.53. The summed E-state index contributed by atoms with van der Waals surface area (Å²) in [4.78, 5) is 17.9. The topological polar surface area (TPSA) is 77.5 Å². The molecular formula is C15H24N4O2. The Morgan fingerprint density at radius 1 is 1.29 bits per heavy atom. The average molecular weight is 292 g/mol. The van der Waals surface area contributed by atoms with Gasteiger partial charge in [-0.05, 0) is 37.3 Å². The first-order valence-electron chi connectivity index (χ1n) is 7.57. The van der Waals surface area contributed by atoms with E-state index >= 15 is 0 Å². The van der Waals surface area contributed by atoms with Gasteiger partial charge in [-0.2, -0.15) is 0 Å². The van der Waals surface area contributed by atoms with E-state index in [1.54, 1.807) is 0 Å². The molecule has 3 N–H and O–H groups in total. The highest BCUT2D eigenvalue weighted by atomic mass is 16.3. The lowest BCUT2D eigenvalue weighted by Gasteiger charge is -2.33. The highest BCUT2D eigenvalue weighted by Crippen LogP contribution is 2.22. The Bertz CT molecular complexity index is 419. The van der Waals surface area contributed by atoms with Gasteiger partial charge in [0.05, 0.1) is 0 Å². The second-order valence-electron chi connectivity index (χ2n) is 5.35. The number of nitrogens with zero attached hydrogens (tertiary/aromatic N) is 2. The lowest BCUT2D eigenvalue weighted by molar-refractivity contribution is 0.235. The van der Waals surface area contributed by atoms with Gasteiger partial charge in [-0.3, -0.25) is 4.98 Å². The first kappa shape index (κ1) is 15.6. The number of rotatable bonds is 6. The molecule has 1 aromatic rings. The van der Waals surface area contributed by atoms with Gasteiger partial charge in [0.15, 0.2) is 0 Å². The number of piperidine rings is 1. The Morgan fingerprint density at radius 2 is 2.00 bits per heavy atom. The van der Waals surface area contributed by atoms with Crippen molar-refractivity contribution in [1.82, 2.24) is 15.6 Å². The molecule has 1 aromatic heterocycles. The van der Waals surface area contributed by atoms with Gasteiger partial charge in [0, 0.05) is 50.9 Å². The SMILES string of the molecule is O=C(NCCCO)NCC1CCN(c2ccncc2)CC1. The number of hydrogen-bond acceptors (Lipinski definition) is 4. The molecule has 116 valence electrons. The minimum absolute atomic E-state index is 0.105. The largest absolute Gasteiger partial charge is 0.396 e. The van der Waals surface area contributed by atoms with E-state index in [0.29, 0.717) is 18.9 Å². The molecule has 2 rings (SSSR count). The van der Waals surface area contributed by atoms with E-state index in [9.17, 15) is 4.79 Å². The molecule has 0 bridgehead atoms. The van der Waals surface area contributed by atoms with Crippen LogP contribution >= 0.6 is 0 Å². The van der Waals surface area contributed by atoms with Crippen LogP contribution in [0.25, 0.3) is 0 Å². The maximum Gasteiger partial charge on any atom is 0.314 e. The zero-order valence-corrected chi connectivity index (χ0v) is 12.3. The van der Waals surface area contributed by atoms with Gasteiger partial charge >= 0.3 is 6.03 Å². The maximum atomic E-state index is 11.5. The molecule has 1 aliphatic heterocycles. The average Bonchev–Trinajstić information content (AvgIpc) is 2.54. The van der Waals surface area contributed by atoms with Gasteiger partial charge in [0.1, 0.15) is 0 Å².